The molecule has 0 amide bonds. The lowest BCUT2D eigenvalue weighted by molar-refractivity contribution is 0.581. The van der Waals surface area contributed by atoms with Gasteiger partial charge in [-0.25, -0.2) is 13.1 Å². The topological polar surface area (TPSA) is 82.6 Å². The number of aliphatic imine (C=N–C) groups is 1. The van der Waals surface area contributed by atoms with Gasteiger partial charge in [-0.2, -0.15) is 11.8 Å². The largest absolute Gasteiger partial charge is 0.357 e. The molecule has 0 aromatic rings. The van der Waals surface area contributed by atoms with Crippen LogP contribution >= 0.6 is 11.8 Å². The first-order valence-corrected chi connectivity index (χ1v) is 9.58. The van der Waals surface area contributed by atoms with Gasteiger partial charge in [0.25, 0.3) is 0 Å². The number of nitrogens with zero attached hydrogens (tertiary/aromatic N) is 1. The summed E-state index contributed by atoms with van der Waals surface area (Å²) in [6.45, 7) is 6.36. The second kappa shape index (κ2) is 11.4. The van der Waals surface area contributed by atoms with E-state index < -0.39 is 10.0 Å². The fourth-order valence-corrected chi connectivity index (χ4v) is 2.18. The highest BCUT2D eigenvalue weighted by Crippen LogP contribution is 1.88. The molecule has 3 N–H and O–H groups in total. The lowest BCUT2D eigenvalue weighted by atomic mass is 10.4. The molecular weight excluding hydrogens is 284 g/mol. The van der Waals surface area contributed by atoms with Crippen molar-refractivity contribution in [3.8, 4) is 0 Å². The Hall–Kier alpha value is -0.470. The van der Waals surface area contributed by atoms with Gasteiger partial charge in [-0.15, -0.1) is 0 Å². The van der Waals surface area contributed by atoms with E-state index in [9.17, 15) is 8.42 Å². The number of sulfonamides is 1. The Morgan fingerprint density at radius 2 is 1.95 bits per heavy atom. The number of hydrogen-bond acceptors (Lipinski definition) is 4. The van der Waals surface area contributed by atoms with Gasteiger partial charge in [0, 0.05) is 31.9 Å². The summed E-state index contributed by atoms with van der Waals surface area (Å²) in [5.74, 6) is 1.94. The number of hydrogen-bond donors (Lipinski definition) is 3. The lowest BCUT2D eigenvalue weighted by Gasteiger charge is -2.10. The number of guanidine groups is 1. The van der Waals surface area contributed by atoms with Gasteiger partial charge < -0.3 is 10.6 Å². The maximum atomic E-state index is 11.2. The van der Waals surface area contributed by atoms with Crippen LogP contribution in [0.3, 0.4) is 0 Å². The Morgan fingerprint density at radius 3 is 2.53 bits per heavy atom. The number of rotatable bonds is 10. The first kappa shape index (κ1) is 18.5. The van der Waals surface area contributed by atoms with Crippen molar-refractivity contribution in [1.82, 2.24) is 15.4 Å². The van der Waals surface area contributed by atoms with E-state index in [1.54, 1.807) is 18.7 Å². The molecule has 6 nitrogen and oxygen atoms in total. The Balaban J connectivity index is 3.90. The van der Waals surface area contributed by atoms with E-state index in [1.165, 1.54) is 0 Å². The van der Waals surface area contributed by atoms with Gasteiger partial charge in [0.1, 0.15) is 0 Å². The van der Waals surface area contributed by atoms with Crippen molar-refractivity contribution in [2.45, 2.75) is 20.3 Å². The molecule has 0 saturated heterocycles. The Morgan fingerprint density at radius 1 is 1.21 bits per heavy atom. The normalized spacial score (nSPS) is 12.5. The van der Waals surface area contributed by atoms with Crippen molar-refractivity contribution in [2.75, 3.05) is 43.9 Å². The molecule has 0 radical (unpaired) electrons. The minimum atomic E-state index is -3.08. The minimum Gasteiger partial charge on any atom is -0.357 e. The molecule has 0 unspecified atom stereocenters. The highest BCUT2D eigenvalue weighted by molar-refractivity contribution is 7.98. The quantitative estimate of drug-likeness (QED) is 0.306. The molecule has 0 rings (SSSR count). The average Bonchev–Trinajstić information content (AvgIpc) is 2.38. The fraction of sp³-hybridized carbons (Fsp3) is 0.909. The first-order chi connectivity index (χ1) is 9.05. The van der Waals surface area contributed by atoms with E-state index in [4.69, 9.17) is 0 Å². The zero-order chi connectivity index (χ0) is 14.6. The first-order valence-electron chi connectivity index (χ1n) is 6.54. The molecule has 0 aromatic carbocycles. The van der Waals surface area contributed by atoms with Crippen LogP contribution in [0.1, 0.15) is 20.3 Å². The fourth-order valence-electron chi connectivity index (χ4n) is 1.21. The molecule has 0 aliphatic rings. The molecule has 0 fully saturated rings. The summed E-state index contributed by atoms with van der Waals surface area (Å²) in [7, 11) is -3.08. The SMILES string of the molecule is CCNC(=NCCCNS(=O)(=O)CC)NCCSC. The van der Waals surface area contributed by atoms with Gasteiger partial charge in [0.15, 0.2) is 5.96 Å². The van der Waals surface area contributed by atoms with E-state index in [-0.39, 0.29) is 5.75 Å². The Labute approximate surface area is 121 Å². The highest BCUT2D eigenvalue weighted by Gasteiger charge is 2.04. The predicted octanol–water partition coefficient (Wildman–Crippen LogP) is 0.234. The summed E-state index contributed by atoms with van der Waals surface area (Å²) < 4.78 is 24.9. The average molecular weight is 310 g/mol. The van der Waals surface area contributed by atoms with Crippen LogP contribution < -0.4 is 15.4 Å². The van der Waals surface area contributed by atoms with Crippen LogP contribution in [0.15, 0.2) is 4.99 Å². The smallest absolute Gasteiger partial charge is 0.211 e. The predicted molar refractivity (Wildman–Crippen MR) is 84.4 cm³/mol. The lowest BCUT2D eigenvalue weighted by Crippen LogP contribution is -2.38. The number of thioether (sulfide) groups is 1. The highest BCUT2D eigenvalue weighted by atomic mass is 32.2. The standard InChI is InChI=1S/C11H26N4O2S2/c1-4-12-11(14-9-10-18-3)13-7-6-8-15-19(16,17)5-2/h15H,4-10H2,1-3H3,(H2,12,13,14). The van der Waals surface area contributed by atoms with Crippen LogP contribution in [0.2, 0.25) is 0 Å². The zero-order valence-electron chi connectivity index (χ0n) is 12.0. The summed E-state index contributed by atoms with van der Waals surface area (Å²) in [5.41, 5.74) is 0. The van der Waals surface area contributed by atoms with Crippen LogP contribution in [0, 0.1) is 0 Å². The third-order valence-electron chi connectivity index (χ3n) is 2.25. The van der Waals surface area contributed by atoms with Crippen LogP contribution in [-0.4, -0.2) is 58.3 Å². The molecule has 0 atom stereocenters. The Kier molecular flexibility index (Phi) is 11.1. The van der Waals surface area contributed by atoms with Gasteiger partial charge in [-0.3, -0.25) is 4.99 Å². The molecule has 0 aliphatic heterocycles. The van der Waals surface area contributed by atoms with Crippen LogP contribution in [-0.2, 0) is 10.0 Å². The summed E-state index contributed by atoms with van der Waals surface area (Å²) in [6.07, 6.45) is 2.75. The van der Waals surface area contributed by atoms with E-state index in [1.807, 2.05) is 6.92 Å². The summed E-state index contributed by atoms with van der Waals surface area (Å²) in [4.78, 5) is 4.38. The van der Waals surface area contributed by atoms with Crippen molar-refractivity contribution in [3.63, 3.8) is 0 Å². The van der Waals surface area contributed by atoms with Crippen molar-refractivity contribution in [1.29, 1.82) is 0 Å². The van der Waals surface area contributed by atoms with Crippen LogP contribution in [0.4, 0.5) is 0 Å². The van der Waals surface area contributed by atoms with E-state index in [0.717, 1.165) is 24.8 Å². The molecule has 114 valence electrons. The molecule has 0 bridgehead atoms. The van der Waals surface area contributed by atoms with Gasteiger partial charge in [-0.05, 0) is 26.5 Å². The van der Waals surface area contributed by atoms with Crippen molar-refractivity contribution >= 4 is 27.7 Å². The molecular formula is C11H26N4O2S2. The van der Waals surface area contributed by atoms with E-state index in [2.05, 4.69) is 26.6 Å². The third kappa shape index (κ3) is 11.1. The van der Waals surface area contributed by atoms with Gasteiger partial charge >= 0.3 is 0 Å². The molecule has 0 spiro atoms. The second-order valence-electron chi connectivity index (χ2n) is 3.83. The minimum absolute atomic E-state index is 0.120. The summed E-state index contributed by atoms with van der Waals surface area (Å²) in [5, 5.41) is 6.37. The van der Waals surface area contributed by atoms with Gasteiger partial charge in [0.2, 0.25) is 10.0 Å². The maximum Gasteiger partial charge on any atom is 0.211 e. The van der Waals surface area contributed by atoms with Gasteiger partial charge in [0.05, 0.1) is 5.75 Å². The zero-order valence-corrected chi connectivity index (χ0v) is 13.7. The monoisotopic (exact) mass is 310 g/mol. The number of nitrogens with one attached hydrogen (secondary N) is 3. The van der Waals surface area contributed by atoms with E-state index >= 15 is 0 Å². The van der Waals surface area contributed by atoms with Crippen LogP contribution in [0.5, 0.6) is 0 Å². The summed E-state index contributed by atoms with van der Waals surface area (Å²) in [6, 6.07) is 0. The molecule has 0 aliphatic carbocycles. The molecule has 8 heteroatoms. The molecule has 19 heavy (non-hydrogen) atoms. The van der Waals surface area contributed by atoms with Gasteiger partial charge in [-0.1, -0.05) is 0 Å². The van der Waals surface area contributed by atoms with Crippen molar-refractivity contribution < 1.29 is 8.42 Å². The summed E-state index contributed by atoms with van der Waals surface area (Å²) >= 11 is 1.78. The third-order valence-corrected chi connectivity index (χ3v) is 4.27. The Bertz CT molecular complexity index is 345. The second-order valence-corrected chi connectivity index (χ2v) is 6.91. The molecule has 0 aromatic heterocycles. The maximum absolute atomic E-state index is 11.2. The van der Waals surface area contributed by atoms with Crippen LogP contribution in [0.25, 0.3) is 0 Å². The molecule has 0 heterocycles. The van der Waals surface area contributed by atoms with Crippen molar-refractivity contribution in [2.24, 2.45) is 4.99 Å². The van der Waals surface area contributed by atoms with Crippen molar-refractivity contribution in [3.05, 3.63) is 0 Å². The molecule has 0 saturated carbocycles. The van der Waals surface area contributed by atoms with E-state index in [0.29, 0.717) is 19.5 Å².